The molecule has 0 atom stereocenters. The van der Waals surface area contributed by atoms with E-state index < -0.39 is 0 Å². The lowest BCUT2D eigenvalue weighted by atomic mass is 9.98. The van der Waals surface area contributed by atoms with Crippen LogP contribution in [0.4, 0.5) is 0 Å². The highest BCUT2D eigenvalue weighted by Gasteiger charge is 2.23. The second-order valence-electron chi connectivity index (χ2n) is 10.9. The van der Waals surface area contributed by atoms with Crippen LogP contribution < -0.4 is 0 Å². The van der Waals surface area contributed by atoms with Gasteiger partial charge in [-0.15, -0.1) is 0 Å². The van der Waals surface area contributed by atoms with Gasteiger partial charge in [-0.1, -0.05) is 121 Å². The number of benzene rings is 7. The summed E-state index contributed by atoms with van der Waals surface area (Å²) in [6, 6.07) is 49.2. The minimum Gasteiger partial charge on any atom is -0.208 e. The Balaban J connectivity index is 1.30. The van der Waals surface area contributed by atoms with E-state index in [-0.39, 0.29) is 0 Å². The van der Waals surface area contributed by atoms with Crippen LogP contribution in [0.25, 0.3) is 88.7 Å². The van der Waals surface area contributed by atoms with Gasteiger partial charge in [-0.2, -0.15) is 0 Å². The molecule has 0 aliphatic heterocycles. The summed E-state index contributed by atoms with van der Waals surface area (Å²) >= 11 is 0. The van der Waals surface area contributed by atoms with E-state index in [2.05, 4.69) is 140 Å². The molecule has 0 saturated carbocycles. The smallest absolute Gasteiger partial charge is 0.164 e. The molecular weight excluding hydrogens is 510 g/mol. The van der Waals surface area contributed by atoms with Crippen LogP contribution in [0.3, 0.4) is 0 Å². The third kappa shape index (κ3) is 3.50. The van der Waals surface area contributed by atoms with Crippen LogP contribution in [0, 0.1) is 0 Å². The summed E-state index contributed by atoms with van der Waals surface area (Å²) in [5.41, 5.74) is 8.03. The molecule has 1 aromatic heterocycles. The quantitative estimate of drug-likeness (QED) is 0.227. The van der Waals surface area contributed by atoms with Gasteiger partial charge in [0.2, 0.25) is 0 Å². The average molecular weight is 534 g/mol. The number of nitrogens with zero attached hydrogens (tertiary/aromatic N) is 3. The van der Waals surface area contributed by atoms with Gasteiger partial charge in [0.1, 0.15) is 0 Å². The number of aromatic nitrogens is 3. The van der Waals surface area contributed by atoms with E-state index in [4.69, 9.17) is 15.0 Å². The molecule has 1 aliphatic carbocycles. The number of rotatable bonds is 3. The van der Waals surface area contributed by atoms with Gasteiger partial charge in [-0.25, -0.2) is 15.0 Å². The maximum atomic E-state index is 5.13. The van der Waals surface area contributed by atoms with Crippen LogP contribution in [0.1, 0.15) is 0 Å². The van der Waals surface area contributed by atoms with Gasteiger partial charge < -0.3 is 0 Å². The van der Waals surface area contributed by atoms with Crippen molar-refractivity contribution in [3.05, 3.63) is 140 Å². The zero-order valence-electron chi connectivity index (χ0n) is 22.6. The number of fused-ring (bicyclic) bond motifs is 5. The topological polar surface area (TPSA) is 38.7 Å². The Morgan fingerprint density at radius 1 is 0.310 bits per heavy atom. The molecule has 1 heterocycles. The summed E-state index contributed by atoms with van der Waals surface area (Å²) in [7, 11) is 0. The summed E-state index contributed by atoms with van der Waals surface area (Å²) in [6.45, 7) is 0. The molecule has 194 valence electrons. The first-order valence-corrected chi connectivity index (χ1v) is 14.2. The van der Waals surface area contributed by atoms with E-state index in [1.54, 1.807) is 0 Å². The van der Waals surface area contributed by atoms with Gasteiger partial charge in [-0.3, -0.25) is 0 Å². The Morgan fingerprint density at radius 2 is 0.786 bits per heavy atom. The van der Waals surface area contributed by atoms with Crippen molar-refractivity contribution < 1.29 is 0 Å². The molecule has 0 saturated heterocycles. The molecule has 0 radical (unpaired) electrons. The molecular formula is C39H23N3. The maximum Gasteiger partial charge on any atom is 0.164 e. The van der Waals surface area contributed by atoms with Crippen molar-refractivity contribution in [1.29, 1.82) is 0 Å². The first kappa shape index (κ1) is 23.1. The van der Waals surface area contributed by atoms with Crippen LogP contribution in [0.5, 0.6) is 0 Å². The van der Waals surface area contributed by atoms with Crippen molar-refractivity contribution in [2.24, 2.45) is 0 Å². The average Bonchev–Trinajstić information content (AvgIpc) is 3.39. The van der Waals surface area contributed by atoms with Gasteiger partial charge in [-0.05, 0) is 72.8 Å². The Bertz CT molecular complexity index is 2240. The maximum absolute atomic E-state index is 5.13. The van der Waals surface area contributed by atoms with Crippen molar-refractivity contribution in [1.82, 2.24) is 15.0 Å². The summed E-state index contributed by atoms with van der Waals surface area (Å²) < 4.78 is 0. The second kappa shape index (κ2) is 8.92. The number of hydrogen-bond donors (Lipinski definition) is 0. The van der Waals surface area contributed by atoms with Gasteiger partial charge in [0, 0.05) is 16.7 Å². The first-order chi connectivity index (χ1) is 20.8. The molecule has 42 heavy (non-hydrogen) atoms. The monoisotopic (exact) mass is 533 g/mol. The van der Waals surface area contributed by atoms with Crippen LogP contribution in [0.2, 0.25) is 0 Å². The molecule has 8 aromatic rings. The highest BCUT2D eigenvalue weighted by Crippen LogP contribution is 2.49. The van der Waals surface area contributed by atoms with Gasteiger partial charge in [0.15, 0.2) is 17.5 Å². The minimum atomic E-state index is 0.667. The molecule has 3 nitrogen and oxygen atoms in total. The predicted molar refractivity (Wildman–Crippen MR) is 173 cm³/mol. The lowest BCUT2D eigenvalue weighted by Gasteiger charge is -2.12. The third-order valence-electron chi connectivity index (χ3n) is 8.44. The van der Waals surface area contributed by atoms with Crippen molar-refractivity contribution in [2.45, 2.75) is 0 Å². The molecule has 0 unspecified atom stereocenters. The van der Waals surface area contributed by atoms with Crippen molar-refractivity contribution >= 4 is 32.3 Å². The summed E-state index contributed by atoms with van der Waals surface area (Å²) in [4.78, 5) is 15.3. The normalized spacial score (nSPS) is 11.8. The van der Waals surface area contributed by atoms with Crippen LogP contribution >= 0.6 is 0 Å². The van der Waals surface area contributed by atoms with E-state index in [1.165, 1.54) is 38.4 Å². The van der Waals surface area contributed by atoms with Crippen LogP contribution in [-0.2, 0) is 0 Å². The van der Waals surface area contributed by atoms with Crippen LogP contribution in [0.15, 0.2) is 140 Å². The molecule has 0 N–H and O–H groups in total. The molecule has 3 heteroatoms. The molecule has 7 aromatic carbocycles. The lowest BCUT2D eigenvalue weighted by Crippen LogP contribution is -2.00. The van der Waals surface area contributed by atoms with Gasteiger partial charge >= 0.3 is 0 Å². The fourth-order valence-electron chi connectivity index (χ4n) is 6.41. The highest BCUT2D eigenvalue weighted by atomic mass is 15.0. The SMILES string of the molecule is c1ccc2c(c1)-c1cccc3c(-c4nc(-c5ccc6ccccc6c5)nc(-c5ccc6ccccc6c5)n4)ccc-2c13. The van der Waals surface area contributed by atoms with Crippen molar-refractivity contribution in [3.8, 4) is 56.4 Å². The van der Waals surface area contributed by atoms with E-state index in [9.17, 15) is 0 Å². The van der Waals surface area contributed by atoms with Gasteiger partial charge in [0.05, 0.1) is 0 Å². The second-order valence-corrected chi connectivity index (χ2v) is 10.9. The molecule has 0 amide bonds. The molecule has 0 bridgehead atoms. The van der Waals surface area contributed by atoms with E-state index in [1.807, 2.05) is 0 Å². The standard InChI is InChI=1S/C39H23N3/c1-3-10-26-22-28(18-16-24(26)8-1)37-40-38(29-19-17-25-9-2-4-11-27(25)23-29)42-39(41-37)35-21-20-34-31-13-6-5-12-30(31)32-14-7-15-33(35)36(32)34/h1-23H. The first-order valence-electron chi connectivity index (χ1n) is 14.2. The minimum absolute atomic E-state index is 0.667. The Labute approximate surface area is 242 Å². The summed E-state index contributed by atoms with van der Waals surface area (Å²) in [5, 5.41) is 7.12. The largest absolute Gasteiger partial charge is 0.208 e. The van der Waals surface area contributed by atoms with Gasteiger partial charge in [0.25, 0.3) is 0 Å². The number of hydrogen-bond acceptors (Lipinski definition) is 3. The summed E-state index contributed by atoms with van der Waals surface area (Å²) in [5.74, 6) is 2.01. The molecule has 1 aliphatic rings. The Morgan fingerprint density at radius 3 is 1.40 bits per heavy atom. The zero-order valence-corrected chi connectivity index (χ0v) is 22.6. The highest BCUT2D eigenvalue weighted by molar-refractivity contribution is 6.18. The fraction of sp³-hybridized carbons (Fsp3) is 0. The molecule has 0 spiro atoms. The predicted octanol–water partition coefficient (Wildman–Crippen LogP) is 9.98. The Kier molecular flexibility index (Phi) is 4.90. The lowest BCUT2D eigenvalue weighted by molar-refractivity contribution is 1.08. The fourth-order valence-corrected chi connectivity index (χ4v) is 6.41. The van der Waals surface area contributed by atoms with Crippen molar-refractivity contribution in [3.63, 3.8) is 0 Å². The Hall–Kier alpha value is -5.67. The van der Waals surface area contributed by atoms with E-state index in [0.29, 0.717) is 17.5 Å². The van der Waals surface area contributed by atoms with E-state index >= 15 is 0 Å². The molecule has 0 fully saturated rings. The van der Waals surface area contributed by atoms with Crippen LogP contribution in [-0.4, -0.2) is 15.0 Å². The van der Waals surface area contributed by atoms with E-state index in [0.717, 1.165) is 32.8 Å². The zero-order chi connectivity index (χ0) is 27.6. The third-order valence-corrected chi connectivity index (χ3v) is 8.44. The summed E-state index contributed by atoms with van der Waals surface area (Å²) in [6.07, 6.45) is 0. The molecule has 9 rings (SSSR count). The van der Waals surface area contributed by atoms with Crippen molar-refractivity contribution in [2.75, 3.05) is 0 Å².